The van der Waals surface area contributed by atoms with Crippen LogP contribution in [0.15, 0.2) is 66.7 Å². The van der Waals surface area contributed by atoms with Crippen LogP contribution in [-0.4, -0.2) is 35.3 Å². The third-order valence-corrected chi connectivity index (χ3v) is 4.82. The summed E-state index contributed by atoms with van der Waals surface area (Å²) in [6.45, 7) is 4.10. The second kappa shape index (κ2) is 7.36. The molecule has 0 saturated heterocycles. The average molecular weight is 393 g/mol. The molecule has 0 spiro atoms. The minimum absolute atomic E-state index is 0.602. The largest absolute Gasteiger partial charge is 0.257 e. The molecule has 0 aliphatic rings. The van der Waals surface area contributed by atoms with Gasteiger partial charge in [-0.15, -0.1) is 0 Å². The van der Waals surface area contributed by atoms with E-state index in [1.165, 1.54) is 11.1 Å². The summed E-state index contributed by atoms with van der Waals surface area (Å²) in [6, 6.07) is 21.9. The van der Waals surface area contributed by atoms with Crippen molar-refractivity contribution in [2.45, 2.75) is 13.8 Å². The molecule has 2 N–H and O–H groups in total. The minimum atomic E-state index is 0.602. The molecule has 5 rings (SSSR count). The lowest BCUT2D eigenvalue weighted by Crippen LogP contribution is -1.91. The Kier molecular flexibility index (Phi) is 4.40. The number of rotatable bonds is 4. The van der Waals surface area contributed by atoms with E-state index in [1.54, 1.807) is 0 Å². The summed E-state index contributed by atoms with van der Waals surface area (Å²) in [5.74, 6) is 2.48. The Morgan fingerprint density at radius 2 is 0.967 bits per heavy atom. The van der Waals surface area contributed by atoms with E-state index >= 15 is 0 Å². The van der Waals surface area contributed by atoms with Crippen LogP contribution in [0.4, 0.5) is 0 Å². The maximum atomic E-state index is 4.69. The fourth-order valence-corrected chi connectivity index (χ4v) is 3.11. The molecule has 3 heterocycles. The van der Waals surface area contributed by atoms with Gasteiger partial charge in [-0.3, -0.25) is 10.2 Å². The molecular weight excluding hydrogens is 374 g/mol. The van der Waals surface area contributed by atoms with Crippen molar-refractivity contribution in [3.8, 4) is 45.8 Å². The number of aryl methyl sites for hydroxylation is 2. The molecule has 7 nitrogen and oxygen atoms in total. The third-order valence-electron chi connectivity index (χ3n) is 4.82. The second-order valence-corrected chi connectivity index (χ2v) is 7.16. The monoisotopic (exact) mass is 393 g/mol. The first-order valence-electron chi connectivity index (χ1n) is 9.62. The number of benzene rings is 2. The van der Waals surface area contributed by atoms with Gasteiger partial charge in [0, 0.05) is 11.1 Å². The summed E-state index contributed by atoms with van der Waals surface area (Å²) in [5.41, 5.74) is 5.68. The molecule has 0 atom stereocenters. The highest BCUT2D eigenvalue weighted by atomic mass is 15.2. The van der Waals surface area contributed by atoms with Gasteiger partial charge in [-0.05, 0) is 26.0 Å². The fraction of sp³-hybridized carbons (Fsp3) is 0.0870. The smallest absolute Gasteiger partial charge is 0.181 e. The zero-order valence-corrected chi connectivity index (χ0v) is 16.6. The van der Waals surface area contributed by atoms with Crippen molar-refractivity contribution in [3.05, 3.63) is 77.9 Å². The number of aromatic nitrogens is 7. The Hall–Kier alpha value is -4.13. The van der Waals surface area contributed by atoms with E-state index < -0.39 is 0 Å². The van der Waals surface area contributed by atoms with E-state index in [1.807, 2.05) is 66.7 Å². The van der Waals surface area contributed by atoms with Gasteiger partial charge in [0.15, 0.2) is 23.3 Å². The lowest BCUT2D eigenvalue weighted by Gasteiger charge is -1.99. The van der Waals surface area contributed by atoms with Crippen LogP contribution in [0.2, 0.25) is 0 Å². The molecule has 5 aromatic rings. The first-order chi connectivity index (χ1) is 14.7. The molecule has 0 radical (unpaired) electrons. The summed E-state index contributed by atoms with van der Waals surface area (Å²) in [6.07, 6.45) is 0. The van der Waals surface area contributed by atoms with Gasteiger partial charge >= 0.3 is 0 Å². The molecule has 0 saturated carbocycles. The van der Waals surface area contributed by atoms with Gasteiger partial charge in [-0.1, -0.05) is 65.7 Å². The molecular formula is C23H19N7. The van der Waals surface area contributed by atoms with Crippen LogP contribution in [-0.2, 0) is 0 Å². The number of pyridine rings is 1. The highest BCUT2D eigenvalue weighted by Gasteiger charge is 2.13. The predicted octanol–water partition coefficient (Wildman–Crippen LogP) is 4.60. The SMILES string of the molecule is Cc1ccc(-c2n[nH]c(-c3cccc(-c4nc(-c5ccc(C)cc5)n[nH]4)n3)n2)cc1. The molecule has 0 aliphatic carbocycles. The molecule has 0 aliphatic heterocycles. The maximum Gasteiger partial charge on any atom is 0.181 e. The minimum Gasteiger partial charge on any atom is -0.257 e. The van der Waals surface area contributed by atoms with Crippen LogP contribution < -0.4 is 0 Å². The van der Waals surface area contributed by atoms with E-state index in [2.05, 4.69) is 49.2 Å². The van der Waals surface area contributed by atoms with Gasteiger partial charge in [0.05, 0.1) is 0 Å². The summed E-state index contributed by atoms with van der Waals surface area (Å²) < 4.78 is 0. The first-order valence-corrected chi connectivity index (χ1v) is 9.62. The maximum absolute atomic E-state index is 4.69. The van der Waals surface area contributed by atoms with Crippen molar-refractivity contribution in [2.24, 2.45) is 0 Å². The van der Waals surface area contributed by atoms with Crippen LogP contribution in [0.1, 0.15) is 11.1 Å². The molecule has 7 heteroatoms. The Morgan fingerprint density at radius 1 is 0.533 bits per heavy atom. The van der Waals surface area contributed by atoms with E-state index in [4.69, 9.17) is 0 Å². The molecule has 0 unspecified atom stereocenters. The standard InChI is InChI=1S/C23H19N7/c1-14-6-10-16(11-7-14)20-25-22(29-27-20)18-4-3-5-19(24-18)23-26-21(28-30-23)17-12-8-15(2)9-13-17/h3-13H,1-2H3,(H,25,27,29)(H,26,28,30). The number of aromatic amines is 2. The van der Waals surface area contributed by atoms with E-state index in [9.17, 15) is 0 Å². The number of hydrogen-bond acceptors (Lipinski definition) is 5. The number of nitrogens with zero attached hydrogens (tertiary/aromatic N) is 5. The summed E-state index contributed by atoms with van der Waals surface area (Å²) in [4.78, 5) is 13.9. The van der Waals surface area contributed by atoms with Gasteiger partial charge in [0.1, 0.15) is 11.4 Å². The first kappa shape index (κ1) is 17.9. The molecule has 2 aromatic carbocycles. The van der Waals surface area contributed by atoms with Crippen molar-refractivity contribution in [3.63, 3.8) is 0 Å². The zero-order valence-electron chi connectivity index (χ0n) is 16.6. The molecule has 146 valence electrons. The molecule has 0 amide bonds. The number of nitrogens with one attached hydrogen (secondary N) is 2. The van der Waals surface area contributed by atoms with Crippen LogP contribution in [0.25, 0.3) is 45.8 Å². The van der Waals surface area contributed by atoms with Crippen LogP contribution in [0.3, 0.4) is 0 Å². The van der Waals surface area contributed by atoms with Crippen molar-refractivity contribution >= 4 is 0 Å². The van der Waals surface area contributed by atoms with Gasteiger partial charge in [0.2, 0.25) is 0 Å². The van der Waals surface area contributed by atoms with Crippen molar-refractivity contribution < 1.29 is 0 Å². The van der Waals surface area contributed by atoms with Gasteiger partial charge in [-0.25, -0.2) is 15.0 Å². The van der Waals surface area contributed by atoms with Crippen molar-refractivity contribution in [1.29, 1.82) is 0 Å². The fourth-order valence-electron chi connectivity index (χ4n) is 3.11. The molecule has 0 fully saturated rings. The quantitative estimate of drug-likeness (QED) is 0.465. The lowest BCUT2D eigenvalue weighted by molar-refractivity contribution is 1.08. The van der Waals surface area contributed by atoms with E-state index in [0.29, 0.717) is 34.7 Å². The summed E-state index contributed by atoms with van der Waals surface area (Å²) in [5, 5.41) is 14.6. The topological polar surface area (TPSA) is 96.0 Å². The number of H-pyrrole nitrogens is 2. The van der Waals surface area contributed by atoms with Crippen molar-refractivity contribution in [2.75, 3.05) is 0 Å². The summed E-state index contributed by atoms with van der Waals surface area (Å²) in [7, 11) is 0. The Balaban J connectivity index is 1.44. The number of hydrogen-bond donors (Lipinski definition) is 2. The van der Waals surface area contributed by atoms with Gasteiger partial charge in [-0.2, -0.15) is 10.2 Å². The van der Waals surface area contributed by atoms with E-state index in [-0.39, 0.29) is 0 Å². The Morgan fingerprint density at radius 3 is 1.40 bits per heavy atom. The average Bonchev–Trinajstić information content (AvgIpc) is 3.45. The highest BCUT2D eigenvalue weighted by molar-refractivity contribution is 5.63. The Bertz CT molecular complexity index is 1200. The Labute approximate surface area is 173 Å². The molecule has 0 bridgehead atoms. The third kappa shape index (κ3) is 3.48. The molecule has 30 heavy (non-hydrogen) atoms. The van der Waals surface area contributed by atoms with Crippen LogP contribution >= 0.6 is 0 Å². The second-order valence-electron chi connectivity index (χ2n) is 7.16. The predicted molar refractivity (Wildman–Crippen MR) is 115 cm³/mol. The van der Waals surface area contributed by atoms with Gasteiger partial charge < -0.3 is 0 Å². The summed E-state index contributed by atoms with van der Waals surface area (Å²) >= 11 is 0. The highest BCUT2D eigenvalue weighted by Crippen LogP contribution is 2.23. The lowest BCUT2D eigenvalue weighted by atomic mass is 10.1. The van der Waals surface area contributed by atoms with Crippen LogP contribution in [0, 0.1) is 13.8 Å². The van der Waals surface area contributed by atoms with Crippen molar-refractivity contribution in [1.82, 2.24) is 35.3 Å². The zero-order chi connectivity index (χ0) is 20.5. The molecule has 3 aromatic heterocycles. The van der Waals surface area contributed by atoms with Gasteiger partial charge in [0.25, 0.3) is 0 Å². The van der Waals surface area contributed by atoms with E-state index in [0.717, 1.165) is 11.1 Å². The normalized spacial score (nSPS) is 11.0. The van der Waals surface area contributed by atoms with Crippen LogP contribution in [0.5, 0.6) is 0 Å².